The number of hydrogen-bond acceptors (Lipinski definition) is 3. The lowest BCUT2D eigenvalue weighted by atomic mass is 9.84. The number of quaternary nitrogens is 1. The minimum atomic E-state index is -0.319. The summed E-state index contributed by atoms with van der Waals surface area (Å²) in [6.07, 6.45) is 2.07. The van der Waals surface area contributed by atoms with Gasteiger partial charge in [-0.1, -0.05) is 30.3 Å². The van der Waals surface area contributed by atoms with Gasteiger partial charge in [-0.05, 0) is 18.6 Å². The van der Waals surface area contributed by atoms with Crippen LogP contribution in [-0.4, -0.2) is 43.4 Å². The molecule has 5 rings (SSSR count). The normalized spacial score (nSPS) is 27.9. The molecular weight excluding hydrogens is 332 g/mol. The number of anilines is 1. The summed E-state index contributed by atoms with van der Waals surface area (Å²) in [7, 11) is 2.28. The minimum absolute atomic E-state index is 0.0485. The Kier molecular flexibility index (Phi) is 4.29. The van der Waals surface area contributed by atoms with Gasteiger partial charge in [-0.25, -0.2) is 4.79 Å². The lowest BCUT2D eigenvalue weighted by molar-refractivity contribution is -0.928. The van der Waals surface area contributed by atoms with Crippen LogP contribution in [0.3, 0.4) is 0 Å². The summed E-state index contributed by atoms with van der Waals surface area (Å²) in [6, 6.07) is 12.2. The molecule has 4 nitrogen and oxygen atoms in total. The maximum absolute atomic E-state index is 12.5. The Balaban J connectivity index is 1.47. The number of ether oxygens (including phenoxy) is 1. The summed E-state index contributed by atoms with van der Waals surface area (Å²) >= 11 is 1.69. The molecule has 3 aliphatic heterocycles. The third-order valence-corrected chi connectivity index (χ3v) is 6.71. The molecule has 0 radical (unpaired) electrons. The average Bonchev–Trinajstić information content (AvgIpc) is 2.96. The van der Waals surface area contributed by atoms with E-state index in [0.717, 1.165) is 27.2 Å². The van der Waals surface area contributed by atoms with E-state index in [1.165, 1.54) is 30.8 Å². The maximum Gasteiger partial charge on any atom is 0.412 e. The van der Waals surface area contributed by atoms with Crippen molar-refractivity contribution in [3.63, 3.8) is 0 Å². The number of nitrogens with zero attached hydrogens (tertiary/aromatic N) is 1. The van der Waals surface area contributed by atoms with Gasteiger partial charge in [-0.3, -0.25) is 5.32 Å². The molecule has 3 fully saturated rings. The van der Waals surface area contributed by atoms with Crippen molar-refractivity contribution in [1.82, 2.24) is 0 Å². The SMILES string of the molecule is Cc1cc(NC(=O)O[C@H]2C[N+]3(C)CCC2CC3)c(-c2ccccc2)s1. The van der Waals surface area contributed by atoms with Gasteiger partial charge in [0, 0.05) is 23.6 Å². The van der Waals surface area contributed by atoms with Gasteiger partial charge in [-0.15, -0.1) is 11.3 Å². The molecule has 0 saturated carbocycles. The predicted octanol–water partition coefficient (Wildman–Crippen LogP) is 4.51. The second kappa shape index (κ2) is 6.46. The zero-order chi connectivity index (χ0) is 17.4. The lowest BCUT2D eigenvalue weighted by Crippen LogP contribution is -2.62. The van der Waals surface area contributed by atoms with Crippen LogP contribution in [-0.2, 0) is 4.74 Å². The first kappa shape index (κ1) is 16.6. The van der Waals surface area contributed by atoms with Crippen LogP contribution < -0.4 is 5.32 Å². The highest BCUT2D eigenvalue weighted by atomic mass is 32.1. The van der Waals surface area contributed by atoms with Crippen LogP contribution in [0.1, 0.15) is 17.7 Å². The fourth-order valence-electron chi connectivity index (χ4n) is 4.17. The number of carbonyl (C=O) groups excluding carboxylic acids is 1. The number of rotatable bonds is 3. The molecule has 0 aliphatic carbocycles. The Morgan fingerprint density at radius 2 is 1.96 bits per heavy atom. The summed E-state index contributed by atoms with van der Waals surface area (Å²) < 4.78 is 6.88. The molecule has 2 bridgehead atoms. The van der Waals surface area contributed by atoms with Crippen molar-refractivity contribution in [1.29, 1.82) is 0 Å². The van der Waals surface area contributed by atoms with Crippen LogP contribution in [0.15, 0.2) is 36.4 Å². The molecule has 25 heavy (non-hydrogen) atoms. The molecule has 1 N–H and O–H groups in total. The second-order valence-corrected chi connectivity index (χ2v) is 8.88. The molecule has 0 unspecified atom stereocenters. The van der Waals surface area contributed by atoms with Crippen molar-refractivity contribution in [2.24, 2.45) is 5.92 Å². The van der Waals surface area contributed by atoms with E-state index >= 15 is 0 Å². The maximum atomic E-state index is 12.5. The third-order valence-electron chi connectivity index (χ3n) is 5.61. The first-order valence-electron chi connectivity index (χ1n) is 8.99. The number of likely N-dealkylation sites (N-methyl/N-ethyl adjacent to an activating group) is 1. The topological polar surface area (TPSA) is 38.3 Å². The molecule has 1 amide bonds. The van der Waals surface area contributed by atoms with Crippen LogP contribution in [0.5, 0.6) is 0 Å². The lowest BCUT2D eigenvalue weighted by Gasteiger charge is -2.49. The largest absolute Gasteiger partial charge is 0.440 e. The first-order valence-corrected chi connectivity index (χ1v) is 9.81. The summed E-state index contributed by atoms with van der Waals surface area (Å²) in [5.41, 5.74) is 1.97. The number of aryl methyl sites for hydroxylation is 1. The molecular formula is C20H25N2O2S+. The zero-order valence-electron chi connectivity index (χ0n) is 14.8. The Morgan fingerprint density at radius 1 is 1.24 bits per heavy atom. The molecule has 1 aromatic carbocycles. The van der Waals surface area contributed by atoms with E-state index in [0.29, 0.717) is 5.92 Å². The molecule has 4 heterocycles. The van der Waals surface area contributed by atoms with Crippen molar-refractivity contribution < 1.29 is 14.0 Å². The number of hydrogen-bond donors (Lipinski definition) is 1. The molecule has 5 heteroatoms. The van der Waals surface area contributed by atoms with Gasteiger partial charge in [0.25, 0.3) is 0 Å². The van der Waals surface area contributed by atoms with Crippen molar-refractivity contribution in [3.8, 4) is 10.4 Å². The zero-order valence-corrected chi connectivity index (χ0v) is 15.6. The van der Waals surface area contributed by atoms with Crippen molar-refractivity contribution in [2.45, 2.75) is 25.9 Å². The molecule has 132 valence electrons. The predicted molar refractivity (Wildman–Crippen MR) is 102 cm³/mol. The molecule has 0 spiro atoms. The second-order valence-electron chi connectivity index (χ2n) is 7.62. The van der Waals surface area contributed by atoms with E-state index < -0.39 is 0 Å². The van der Waals surface area contributed by atoms with Crippen molar-refractivity contribution >= 4 is 23.1 Å². The number of amides is 1. The standard InChI is InChI=1S/C20H24N2O2S/c1-14-12-17(19(25-14)16-6-4-3-5-7-16)21-20(23)24-18-13-22(2)10-8-15(18)9-11-22/h3-7,12,15,18H,8-11,13H2,1-2H3/p+1/t15?,18-,22?/m0/s1. The Morgan fingerprint density at radius 3 is 2.64 bits per heavy atom. The fraction of sp³-hybridized carbons (Fsp3) is 0.450. The van der Waals surface area contributed by atoms with E-state index in [2.05, 4.69) is 31.4 Å². The number of thiophene rings is 1. The van der Waals surface area contributed by atoms with Crippen LogP contribution in [0.25, 0.3) is 10.4 Å². The quantitative estimate of drug-likeness (QED) is 0.821. The van der Waals surface area contributed by atoms with E-state index in [1.807, 2.05) is 24.3 Å². The smallest absolute Gasteiger partial charge is 0.412 e. The highest BCUT2D eigenvalue weighted by Gasteiger charge is 2.45. The van der Waals surface area contributed by atoms with Gasteiger partial charge in [0.15, 0.2) is 6.10 Å². The summed E-state index contributed by atoms with van der Waals surface area (Å²) in [5.74, 6) is 0.531. The van der Waals surface area contributed by atoms with Gasteiger partial charge in [0.05, 0.1) is 30.7 Å². The monoisotopic (exact) mass is 357 g/mol. The van der Waals surface area contributed by atoms with Crippen LogP contribution in [0, 0.1) is 12.8 Å². The van der Waals surface area contributed by atoms with Gasteiger partial charge in [-0.2, -0.15) is 0 Å². The van der Waals surface area contributed by atoms with Crippen LogP contribution >= 0.6 is 11.3 Å². The number of benzene rings is 1. The molecule has 2 aromatic rings. The summed E-state index contributed by atoms with van der Waals surface area (Å²) in [5, 5.41) is 2.99. The van der Waals surface area contributed by atoms with Gasteiger partial charge < -0.3 is 9.22 Å². The van der Waals surface area contributed by atoms with E-state index in [9.17, 15) is 4.79 Å². The van der Waals surface area contributed by atoms with Gasteiger partial charge in [0.1, 0.15) is 6.54 Å². The Labute approximate surface area is 153 Å². The van der Waals surface area contributed by atoms with Gasteiger partial charge >= 0.3 is 6.09 Å². The van der Waals surface area contributed by atoms with Crippen LogP contribution in [0.4, 0.5) is 10.5 Å². The third kappa shape index (κ3) is 3.44. The number of piperidine rings is 3. The number of fused-ring (bicyclic) bond motifs is 3. The van der Waals surface area contributed by atoms with Gasteiger partial charge in [0.2, 0.25) is 0 Å². The molecule has 1 atom stereocenters. The first-order chi connectivity index (χ1) is 12.0. The number of carbonyl (C=O) groups is 1. The average molecular weight is 357 g/mol. The Bertz CT molecular complexity index is 763. The van der Waals surface area contributed by atoms with E-state index in [4.69, 9.17) is 4.74 Å². The molecule has 3 aliphatic rings. The molecule has 1 aromatic heterocycles. The highest BCUT2D eigenvalue weighted by molar-refractivity contribution is 7.16. The summed E-state index contributed by atoms with van der Waals surface area (Å²) in [4.78, 5) is 14.8. The van der Waals surface area contributed by atoms with E-state index in [-0.39, 0.29) is 12.2 Å². The van der Waals surface area contributed by atoms with Crippen molar-refractivity contribution in [2.75, 3.05) is 32.0 Å². The van der Waals surface area contributed by atoms with Crippen molar-refractivity contribution in [3.05, 3.63) is 41.3 Å². The Hall–Kier alpha value is -1.85. The summed E-state index contributed by atoms with van der Waals surface area (Å²) in [6.45, 7) is 5.44. The van der Waals surface area contributed by atoms with Crippen LogP contribution in [0.2, 0.25) is 0 Å². The molecule has 3 saturated heterocycles. The van der Waals surface area contributed by atoms with E-state index in [1.54, 1.807) is 11.3 Å². The number of nitrogens with one attached hydrogen (secondary N) is 1. The minimum Gasteiger partial charge on any atom is -0.440 e. The fourth-order valence-corrected chi connectivity index (χ4v) is 5.14. The highest BCUT2D eigenvalue weighted by Crippen LogP contribution is 2.37.